The second-order valence-electron chi connectivity index (χ2n) is 2.94. The lowest BCUT2D eigenvalue weighted by Crippen LogP contribution is -2.23. The summed E-state index contributed by atoms with van der Waals surface area (Å²) in [7, 11) is 0. The molecule has 72 valence electrons. The summed E-state index contributed by atoms with van der Waals surface area (Å²) in [5, 5.41) is 0. The highest BCUT2D eigenvalue weighted by Crippen LogP contribution is 2.65. The summed E-state index contributed by atoms with van der Waals surface area (Å²) >= 11 is 23.7. The van der Waals surface area contributed by atoms with E-state index in [-0.39, 0.29) is 0 Å². The van der Waals surface area contributed by atoms with Crippen molar-refractivity contribution < 1.29 is 0 Å². The maximum Gasteiger partial charge on any atom is 0.0893 e. The zero-order valence-corrected chi connectivity index (χ0v) is 11.2. The molecule has 1 fully saturated rings. The third-order valence-corrected chi connectivity index (χ3v) is 7.68. The summed E-state index contributed by atoms with van der Waals surface area (Å²) in [4.78, 5) is 0. The standard InChI is InChI=1S/C6H10Cl4P2/c7-11(8)5-3-1-2-4-6(5)12(9)10/h5-6H,1-4H2. The minimum atomic E-state index is -0.899. The molecule has 1 aliphatic carbocycles. The van der Waals surface area contributed by atoms with E-state index in [1.165, 1.54) is 12.8 Å². The van der Waals surface area contributed by atoms with E-state index < -0.39 is 13.3 Å². The van der Waals surface area contributed by atoms with Gasteiger partial charge in [0.1, 0.15) is 0 Å². The molecule has 0 bridgehead atoms. The van der Waals surface area contributed by atoms with E-state index in [9.17, 15) is 0 Å². The molecule has 0 aliphatic heterocycles. The van der Waals surface area contributed by atoms with Crippen molar-refractivity contribution in [3.8, 4) is 0 Å². The Kier molecular flexibility index (Phi) is 5.84. The molecule has 1 aliphatic rings. The van der Waals surface area contributed by atoms with Crippen molar-refractivity contribution in [2.45, 2.75) is 37.0 Å². The van der Waals surface area contributed by atoms with Gasteiger partial charge in [0, 0.05) is 11.3 Å². The Morgan fingerprint density at radius 2 is 1.08 bits per heavy atom. The van der Waals surface area contributed by atoms with Crippen molar-refractivity contribution in [2.24, 2.45) is 0 Å². The molecule has 0 saturated heterocycles. The van der Waals surface area contributed by atoms with Crippen LogP contribution >= 0.6 is 58.2 Å². The molecule has 1 saturated carbocycles. The van der Waals surface area contributed by atoms with Gasteiger partial charge in [0.25, 0.3) is 0 Å². The fourth-order valence-corrected chi connectivity index (χ4v) is 7.67. The van der Waals surface area contributed by atoms with Crippen molar-refractivity contribution >= 4 is 58.2 Å². The molecule has 2 unspecified atom stereocenters. The second-order valence-corrected chi connectivity index (χ2v) is 10.7. The van der Waals surface area contributed by atoms with E-state index in [0.717, 1.165) is 12.8 Å². The first-order valence-corrected chi connectivity index (χ1v) is 10.3. The van der Waals surface area contributed by atoms with Crippen LogP contribution in [0.1, 0.15) is 25.7 Å². The third-order valence-electron chi connectivity index (χ3n) is 2.20. The van der Waals surface area contributed by atoms with Gasteiger partial charge < -0.3 is 0 Å². The average molecular weight is 286 g/mol. The SMILES string of the molecule is ClP(Cl)C1CCCCC1P(Cl)Cl. The fourth-order valence-electron chi connectivity index (χ4n) is 1.55. The molecule has 0 radical (unpaired) electrons. The predicted molar refractivity (Wildman–Crippen MR) is 63.3 cm³/mol. The Labute approximate surface area is 94.9 Å². The molecule has 12 heavy (non-hydrogen) atoms. The van der Waals surface area contributed by atoms with Gasteiger partial charge in [0.05, 0.1) is 13.3 Å². The number of rotatable bonds is 2. The summed E-state index contributed by atoms with van der Waals surface area (Å²) in [5.74, 6) is 0. The average Bonchev–Trinajstić information content (AvgIpc) is 2.04. The molecule has 0 N–H and O–H groups in total. The van der Waals surface area contributed by atoms with Gasteiger partial charge in [-0.3, -0.25) is 0 Å². The van der Waals surface area contributed by atoms with Crippen LogP contribution in [0, 0.1) is 0 Å². The Hall–Kier alpha value is 2.02. The highest BCUT2D eigenvalue weighted by Gasteiger charge is 2.34. The maximum atomic E-state index is 5.92. The molecule has 0 aromatic rings. The molecular weight excluding hydrogens is 276 g/mol. The van der Waals surface area contributed by atoms with Crippen molar-refractivity contribution in [1.82, 2.24) is 0 Å². The van der Waals surface area contributed by atoms with Crippen molar-refractivity contribution in [3.63, 3.8) is 0 Å². The number of hydrogen-bond donors (Lipinski definition) is 0. The van der Waals surface area contributed by atoms with E-state index in [1.54, 1.807) is 0 Å². The van der Waals surface area contributed by atoms with Gasteiger partial charge in [-0.1, -0.05) is 57.8 Å². The van der Waals surface area contributed by atoms with Gasteiger partial charge in [0.15, 0.2) is 0 Å². The number of hydrogen-bond acceptors (Lipinski definition) is 0. The summed E-state index contributed by atoms with van der Waals surface area (Å²) in [5.41, 5.74) is 0.747. The van der Waals surface area contributed by atoms with Crippen LogP contribution in [-0.4, -0.2) is 11.3 Å². The summed E-state index contributed by atoms with van der Waals surface area (Å²) in [6.07, 6.45) is 4.63. The van der Waals surface area contributed by atoms with Crippen LogP contribution in [0.5, 0.6) is 0 Å². The monoisotopic (exact) mass is 284 g/mol. The van der Waals surface area contributed by atoms with E-state index in [2.05, 4.69) is 0 Å². The highest BCUT2D eigenvalue weighted by atomic mass is 35.9. The first-order valence-electron chi connectivity index (χ1n) is 3.84. The van der Waals surface area contributed by atoms with Crippen LogP contribution in [0.2, 0.25) is 0 Å². The summed E-state index contributed by atoms with van der Waals surface area (Å²) in [6, 6.07) is 0. The van der Waals surface area contributed by atoms with Crippen molar-refractivity contribution in [1.29, 1.82) is 0 Å². The van der Waals surface area contributed by atoms with Gasteiger partial charge >= 0.3 is 0 Å². The Bertz CT molecular complexity index is 126. The molecule has 0 spiro atoms. The minimum absolute atomic E-state index is 0.373. The van der Waals surface area contributed by atoms with Crippen LogP contribution in [0.15, 0.2) is 0 Å². The number of halogens is 4. The van der Waals surface area contributed by atoms with E-state index in [4.69, 9.17) is 45.0 Å². The Morgan fingerprint density at radius 3 is 1.33 bits per heavy atom. The fraction of sp³-hybridized carbons (Fsp3) is 1.00. The molecule has 0 amide bonds. The largest absolute Gasteiger partial charge is 0.0893 e. The lowest BCUT2D eigenvalue weighted by Gasteiger charge is -2.32. The molecule has 0 aromatic carbocycles. The molecule has 0 aromatic heterocycles. The first-order chi connectivity index (χ1) is 5.63. The van der Waals surface area contributed by atoms with Crippen LogP contribution in [-0.2, 0) is 0 Å². The molecule has 1 rings (SSSR count). The Morgan fingerprint density at radius 1 is 0.750 bits per heavy atom. The van der Waals surface area contributed by atoms with Gasteiger partial charge in [-0.2, -0.15) is 0 Å². The summed E-state index contributed by atoms with van der Waals surface area (Å²) in [6.45, 7) is -1.80. The zero-order valence-electron chi connectivity index (χ0n) is 6.39. The normalized spacial score (nSPS) is 31.5. The van der Waals surface area contributed by atoms with Crippen molar-refractivity contribution in [3.05, 3.63) is 0 Å². The van der Waals surface area contributed by atoms with E-state index in [1.807, 2.05) is 0 Å². The van der Waals surface area contributed by atoms with Crippen molar-refractivity contribution in [2.75, 3.05) is 0 Å². The van der Waals surface area contributed by atoms with Gasteiger partial charge in [-0.25, -0.2) is 0 Å². The highest BCUT2D eigenvalue weighted by molar-refractivity contribution is 8.07. The van der Waals surface area contributed by atoms with Gasteiger partial charge in [0.2, 0.25) is 0 Å². The Balaban J connectivity index is 2.54. The minimum Gasteiger partial charge on any atom is -0.0778 e. The van der Waals surface area contributed by atoms with Crippen LogP contribution in [0.3, 0.4) is 0 Å². The lowest BCUT2D eigenvalue weighted by molar-refractivity contribution is 0.524. The first kappa shape index (κ1) is 12.1. The smallest absolute Gasteiger partial charge is 0.0778 e. The molecule has 0 heterocycles. The topological polar surface area (TPSA) is 0 Å². The van der Waals surface area contributed by atoms with Gasteiger partial charge in [-0.15, -0.1) is 0 Å². The van der Waals surface area contributed by atoms with Crippen LogP contribution in [0.4, 0.5) is 0 Å². The predicted octanol–water partition coefficient (Wildman–Crippen LogP) is 5.88. The molecule has 0 nitrogen and oxygen atoms in total. The molecule has 2 atom stereocenters. The maximum absolute atomic E-state index is 5.92. The van der Waals surface area contributed by atoms with Gasteiger partial charge in [-0.05, 0) is 12.8 Å². The zero-order chi connectivity index (χ0) is 9.14. The molecule has 6 heteroatoms. The quantitative estimate of drug-likeness (QED) is 0.556. The second kappa shape index (κ2) is 5.79. The lowest BCUT2D eigenvalue weighted by atomic mass is 10.00. The summed E-state index contributed by atoms with van der Waals surface area (Å²) < 4.78 is 0. The van der Waals surface area contributed by atoms with E-state index >= 15 is 0 Å². The van der Waals surface area contributed by atoms with Crippen LogP contribution < -0.4 is 0 Å². The third kappa shape index (κ3) is 3.30. The molecular formula is C6H10Cl4P2. The van der Waals surface area contributed by atoms with E-state index in [0.29, 0.717) is 11.3 Å². The van der Waals surface area contributed by atoms with Crippen LogP contribution in [0.25, 0.3) is 0 Å².